The molecule has 2 heterocycles. The van der Waals surface area contributed by atoms with Crippen LogP contribution in [0.3, 0.4) is 0 Å². The number of nitrogens with zero attached hydrogens (tertiary/aromatic N) is 2. The molecule has 0 bridgehead atoms. The summed E-state index contributed by atoms with van der Waals surface area (Å²) in [5.74, 6) is 0.652. The standard InChI is InChI=1S/C13H17N2/c1-9-3-4-12-10(7-9)11-8-15(2)6-5-13(11)14-12/h3-4,7,11,13H,5-6,8H2,1-2H3/t11-,13-/m1/s1. The summed E-state index contributed by atoms with van der Waals surface area (Å²) in [5.41, 5.74) is 4.08. The highest BCUT2D eigenvalue weighted by Gasteiger charge is 2.36. The first-order valence-corrected chi connectivity index (χ1v) is 5.74. The van der Waals surface area contributed by atoms with Gasteiger partial charge in [0.05, 0.1) is 11.7 Å². The van der Waals surface area contributed by atoms with E-state index in [1.165, 1.54) is 36.3 Å². The summed E-state index contributed by atoms with van der Waals surface area (Å²) in [6.45, 7) is 4.53. The fourth-order valence-corrected chi connectivity index (χ4v) is 2.83. The fourth-order valence-electron chi connectivity index (χ4n) is 2.83. The predicted octanol–water partition coefficient (Wildman–Crippen LogP) is 2.03. The van der Waals surface area contributed by atoms with E-state index in [1.807, 2.05) is 0 Å². The number of aryl methyl sites for hydroxylation is 1. The van der Waals surface area contributed by atoms with Crippen molar-refractivity contribution < 1.29 is 0 Å². The van der Waals surface area contributed by atoms with E-state index < -0.39 is 0 Å². The lowest BCUT2D eigenvalue weighted by molar-refractivity contribution is 0.226. The third-order valence-corrected chi connectivity index (χ3v) is 3.67. The number of fused-ring (bicyclic) bond motifs is 3. The number of hydrogen-bond acceptors (Lipinski definition) is 1. The summed E-state index contributed by atoms with van der Waals surface area (Å²) < 4.78 is 0. The zero-order valence-corrected chi connectivity index (χ0v) is 9.40. The van der Waals surface area contributed by atoms with Gasteiger partial charge in [0.1, 0.15) is 0 Å². The van der Waals surface area contributed by atoms with E-state index in [0.717, 1.165) is 0 Å². The summed E-state index contributed by atoms with van der Waals surface area (Å²) in [4.78, 5) is 2.42. The Morgan fingerprint density at radius 2 is 2.27 bits per heavy atom. The third-order valence-electron chi connectivity index (χ3n) is 3.67. The number of rotatable bonds is 0. The second-order valence-electron chi connectivity index (χ2n) is 4.92. The monoisotopic (exact) mass is 201 g/mol. The van der Waals surface area contributed by atoms with Crippen molar-refractivity contribution in [2.45, 2.75) is 25.3 Å². The van der Waals surface area contributed by atoms with Crippen LogP contribution in [0.2, 0.25) is 0 Å². The highest BCUT2D eigenvalue weighted by molar-refractivity contribution is 5.54. The Balaban J connectivity index is 1.98. The van der Waals surface area contributed by atoms with Crippen molar-refractivity contribution in [3.8, 4) is 0 Å². The highest BCUT2D eigenvalue weighted by atomic mass is 15.1. The average molecular weight is 201 g/mol. The third kappa shape index (κ3) is 1.44. The molecule has 2 heteroatoms. The molecule has 1 aromatic carbocycles. The maximum Gasteiger partial charge on any atom is 0.0614 e. The van der Waals surface area contributed by atoms with Crippen LogP contribution < -0.4 is 5.32 Å². The van der Waals surface area contributed by atoms with Gasteiger partial charge in [0.15, 0.2) is 0 Å². The van der Waals surface area contributed by atoms with Gasteiger partial charge in [-0.25, -0.2) is 0 Å². The Hall–Kier alpha value is -1.02. The molecule has 15 heavy (non-hydrogen) atoms. The Bertz CT molecular complexity index is 386. The van der Waals surface area contributed by atoms with Crippen molar-refractivity contribution >= 4 is 5.69 Å². The van der Waals surface area contributed by atoms with Gasteiger partial charge in [-0.3, -0.25) is 5.32 Å². The first kappa shape index (κ1) is 9.22. The van der Waals surface area contributed by atoms with Crippen LogP contribution >= 0.6 is 0 Å². The molecular formula is C13H17N2. The molecule has 0 saturated carbocycles. The number of benzene rings is 1. The molecule has 2 nitrogen and oxygen atoms in total. The lowest BCUT2D eigenvalue weighted by Crippen LogP contribution is -2.39. The molecule has 0 aliphatic carbocycles. The van der Waals surface area contributed by atoms with Gasteiger partial charge in [0.2, 0.25) is 0 Å². The zero-order chi connectivity index (χ0) is 10.4. The largest absolute Gasteiger partial charge is 0.306 e. The second-order valence-corrected chi connectivity index (χ2v) is 4.92. The number of hydrogen-bond donors (Lipinski definition) is 0. The molecule has 2 aliphatic heterocycles. The molecule has 3 rings (SSSR count). The maximum atomic E-state index is 4.82. The van der Waals surface area contributed by atoms with E-state index in [0.29, 0.717) is 12.0 Å². The molecule has 0 N–H and O–H groups in total. The summed E-state index contributed by atoms with van der Waals surface area (Å²) >= 11 is 0. The number of likely N-dealkylation sites (N-methyl/N-ethyl adjacent to an activating group) is 1. The summed E-state index contributed by atoms with van der Waals surface area (Å²) in [7, 11) is 2.21. The average Bonchev–Trinajstić information content (AvgIpc) is 2.56. The Morgan fingerprint density at radius 3 is 3.13 bits per heavy atom. The summed E-state index contributed by atoms with van der Waals surface area (Å²) in [6, 6.07) is 7.23. The van der Waals surface area contributed by atoms with E-state index >= 15 is 0 Å². The van der Waals surface area contributed by atoms with Crippen LogP contribution in [0.5, 0.6) is 0 Å². The van der Waals surface area contributed by atoms with Crippen LogP contribution in [0, 0.1) is 6.92 Å². The van der Waals surface area contributed by atoms with Crippen molar-refractivity contribution in [3.05, 3.63) is 29.3 Å². The van der Waals surface area contributed by atoms with E-state index in [4.69, 9.17) is 5.32 Å². The smallest absolute Gasteiger partial charge is 0.0614 e. The van der Waals surface area contributed by atoms with E-state index in [-0.39, 0.29) is 0 Å². The quantitative estimate of drug-likeness (QED) is 0.628. The molecule has 0 aromatic heterocycles. The Kier molecular flexibility index (Phi) is 1.99. The van der Waals surface area contributed by atoms with E-state index in [2.05, 4.69) is 37.1 Å². The summed E-state index contributed by atoms with van der Waals surface area (Å²) in [5, 5.41) is 4.82. The lowest BCUT2D eigenvalue weighted by atomic mass is 9.89. The Morgan fingerprint density at radius 1 is 1.40 bits per heavy atom. The van der Waals surface area contributed by atoms with Crippen LogP contribution in [0.1, 0.15) is 23.5 Å². The van der Waals surface area contributed by atoms with E-state index in [1.54, 1.807) is 0 Å². The SMILES string of the molecule is Cc1ccc2c(c1)[C@H]1CN(C)CC[C@H]1[N]2. The van der Waals surface area contributed by atoms with Crippen molar-refractivity contribution in [3.63, 3.8) is 0 Å². The van der Waals surface area contributed by atoms with Gasteiger partial charge < -0.3 is 4.90 Å². The Labute approximate surface area is 91.3 Å². The van der Waals surface area contributed by atoms with Crippen LogP contribution in [0.15, 0.2) is 18.2 Å². The van der Waals surface area contributed by atoms with Gasteiger partial charge >= 0.3 is 0 Å². The zero-order valence-electron chi connectivity index (χ0n) is 9.40. The molecule has 1 radical (unpaired) electrons. The molecule has 2 aliphatic rings. The molecular weight excluding hydrogens is 184 g/mol. The van der Waals surface area contributed by atoms with Gasteiger partial charge in [-0.2, -0.15) is 0 Å². The molecule has 0 amide bonds. The normalized spacial score (nSPS) is 29.5. The highest BCUT2D eigenvalue weighted by Crippen LogP contribution is 2.40. The van der Waals surface area contributed by atoms with Gasteiger partial charge in [-0.1, -0.05) is 17.7 Å². The molecule has 79 valence electrons. The second kappa shape index (κ2) is 3.24. The minimum atomic E-state index is 0.554. The number of likely N-dealkylation sites (tertiary alicyclic amines) is 1. The molecule has 1 saturated heterocycles. The summed E-state index contributed by atoms with van der Waals surface area (Å²) in [6.07, 6.45) is 1.22. The van der Waals surface area contributed by atoms with Gasteiger partial charge in [0.25, 0.3) is 0 Å². The lowest BCUT2D eigenvalue weighted by Gasteiger charge is -2.31. The fraction of sp³-hybridized carbons (Fsp3) is 0.538. The maximum absolute atomic E-state index is 4.82. The van der Waals surface area contributed by atoms with Crippen LogP contribution in [0.4, 0.5) is 5.69 Å². The topological polar surface area (TPSA) is 17.3 Å². The van der Waals surface area contributed by atoms with Crippen molar-refractivity contribution in [1.29, 1.82) is 0 Å². The van der Waals surface area contributed by atoms with Gasteiger partial charge in [-0.15, -0.1) is 0 Å². The molecule has 1 aromatic rings. The van der Waals surface area contributed by atoms with Gasteiger partial charge in [-0.05, 0) is 38.6 Å². The van der Waals surface area contributed by atoms with Crippen LogP contribution in [-0.4, -0.2) is 31.1 Å². The van der Waals surface area contributed by atoms with Crippen LogP contribution in [0.25, 0.3) is 0 Å². The number of piperidine rings is 1. The molecule has 2 atom stereocenters. The van der Waals surface area contributed by atoms with Gasteiger partial charge in [0, 0.05) is 12.5 Å². The molecule has 1 fully saturated rings. The first-order chi connectivity index (χ1) is 7.24. The van der Waals surface area contributed by atoms with E-state index in [9.17, 15) is 0 Å². The van der Waals surface area contributed by atoms with Crippen molar-refractivity contribution in [1.82, 2.24) is 10.2 Å². The van der Waals surface area contributed by atoms with Crippen molar-refractivity contribution in [2.75, 3.05) is 20.1 Å². The molecule has 0 unspecified atom stereocenters. The van der Waals surface area contributed by atoms with Crippen molar-refractivity contribution in [2.24, 2.45) is 0 Å². The van der Waals surface area contributed by atoms with Crippen LogP contribution in [-0.2, 0) is 0 Å². The predicted molar refractivity (Wildman–Crippen MR) is 61.6 cm³/mol. The minimum Gasteiger partial charge on any atom is -0.306 e. The minimum absolute atomic E-state index is 0.554. The first-order valence-electron chi connectivity index (χ1n) is 5.74. The molecule has 0 spiro atoms.